The minimum atomic E-state index is -4.08. The summed E-state index contributed by atoms with van der Waals surface area (Å²) in [5.74, 6) is -0.293. The average molecular weight is 443 g/mol. The van der Waals surface area contributed by atoms with Crippen molar-refractivity contribution in [1.82, 2.24) is 4.90 Å². The number of nitrogens with one attached hydrogen (secondary N) is 1. The minimum absolute atomic E-state index is 0.123. The molecule has 3 aromatic carbocycles. The maximum Gasteiger partial charge on any atom is 0.262 e. The highest BCUT2D eigenvalue weighted by molar-refractivity contribution is 7.92. The molecule has 8 heteroatoms. The Kier molecular flexibility index (Phi) is 6.60. The van der Waals surface area contributed by atoms with E-state index in [9.17, 15) is 17.6 Å². The quantitative estimate of drug-likeness (QED) is 0.595. The van der Waals surface area contributed by atoms with Crippen LogP contribution in [0.3, 0.4) is 0 Å². The molecule has 0 spiro atoms. The van der Waals surface area contributed by atoms with Gasteiger partial charge < -0.3 is 9.64 Å². The molecule has 31 heavy (non-hydrogen) atoms. The lowest BCUT2D eigenvalue weighted by Crippen LogP contribution is -2.27. The number of hydrogen-bond acceptors (Lipinski definition) is 4. The van der Waals surface area contributed by atoms with Crippen LogP contribution in [0.4, 0.5) is 10.1 Å². The van der Waals surface area contributed by atoms with Crippen LogP contribution in [0, 0.1) is 12.7 Å². The Balaban J connectivity index is 1.83. The fourth-order valence-corrected chi connectivity index (χ4v) is 4.12. The summed E-state index contributed by atoms with van der Waals surface area (Å²) in [6, 6.07) is 17.1. The largest absolute Gasteiger partial charge is 0.497 e. The van der Waals surface area contributed by atoms with Gasteiger partial charge in [0, 0.05) is 19.2 Å². The minimum Gasteiger partial charge on any atom is -0.497 e. The maximum atomic E-state index is 13.9. The Labute approximate surface area is 181 Å². The van der Waals surface area contributed by atoms with Gasteiger partial charge in [0.05, 0.1) is 17.7 Å². The number of hydrogen-bond donors (Lipinski definition) is 1. The molecular weight excluding hydrogens is 419 g/mol. The van der Waals surface area contributed by atoms with Crippen molar-refractivity contribution in [3.8, 4) is 5.75 Å². The zero-order valence-electron chi connectivity index (χ0n) is 17.4. The number of methoxy groups -OCH3 is 1. The first kappa shape index (κ1) is 22.3. The molecule has 0 aliphatic rings. The molecule has 3 aromatic rings. The van der Waals surface area contributed by atoms with Gasteiger partial charge in [0.25, 0.3) is 15.9 Å². The van der Waals surface area contributed by atoms with Crippen molar-refractivity contribution >= 4 is 21.6 Å². The highest BCUT2D eigenvalue weighted by Crippen LogP contribution is 2.22. The summed E-state index contributed by atoms with van der Waals surface area (Å²) in [5, 5.41) is 0. The molecule has 0 bridgehead atoms. The van der Waals surface area contributed by atoms with Crippen LogP contribution in [0.5, 0.6) is 5.75 Å². The lowest BCUT2D eigenvalue weighted by Gasteiger charge is -2.19. The summed E-state index contributed by atoms with van der Waals surface area (Å²) in [4.78, 5) is 14.4. The van der Waals surface area contributed by atoms with E-state index in [0.717, 1.165) is 11.6 Å². The molecule has 0 unspecified atom stereocenters. The van der Waals surface area contributed by atoms with E-state index < -0.39 is 15.8 Å². The van der Waals surface area contributed by atoms with Crippen LogP contribution < -0.4 is 9.46 Å². The number of rotatable bonds is 7. The van der Waals surface area contributed by atoms with E-state index in [1.54, 1.807) is 39.3 Å². The second kappa shape index (κ2) is 9.18. The number of aryl methyl sites for hydroxylation is 1. The van der Waals surface area contributed by atoms with Crippen molar-refractivity contribution in [2.75, 3.05) is 18.9 Å². The first-order chi connectivity index (χ1) is 14.7. The normalized spacial score (nSPS) is 11.1. The third-order valence-corrected chi connectivity index (χ3v) is 6.16. The Bertz CT molecular complexity index is 1190. The number of ether oxygens (including phenoxy) is 1. The Morgan fingerprint density at radius 1 is 1.06 bits per heavy atom. The lowest BCUT2D eigenvalue weighted by atomic mass is 10.1. The summed E-state index contributed by atoms with van der Waals surface area (Å²) in [6.07, 6.45) is 0. The number of carbonyl (C=O) groups excluding carboxylic acids is 1. The van der Waals surface area contributed by atoms with Gasteiger partial charge in [-0.1, -0.05) is 30.3 Å². The van der Waals surface area contributed by atoms with Gasteiger partial charge in [-0.3, -0.25) is 9.52 Å². The summed E-state index contributed by atoms with van der Waals surface area (Å²) in [7, 11) is -0.853. The van der Waals surface area contributed by atoms with Crippen LogP contribution in [0.1, 0.15) is 21.5 Å². The van der Waals surface area contributed by atoms with Gasteiger partial charge in [-0.15, -0.1) is 0 Å². The van der Waals surface area contributed by atoms with E-state index >= 15 is 0 Å². The van der Waals surface area contributed by atoms with Crippen LogP contribution in [0.15, 0.2) is 71.6 Å². The number of amides is 1. The number of nitrogens with zero attached hydrogens (tertiary/aromatic N) is 1. The molecule has 0 aromatic heterocycles. The SMILES string of the molecule is COc1ccc(CN(C)C(=O)c2cc(S(=O)(=O)Nc3ccccc3F)ccc2C)cc1. The van der Waals surface area contributed by atoms with Crippen LogP contribution >= 0.6 is 0 Å². The highest BCUT2D eigenvalue weighted by Gasteiger charge is 2.21. The van der Waals surface area contributed by atoms with E-state index in [-0.39, 0.29) is 22.1 Å². The van der Waals surface area contributed by atoms with Crippen LogP contribution in [-0.4, -0.2) is 33.4 Å². The first-order valence-electron chi connectivity index (χ1n) is 9.47. The number of carbonyl (C=O) groups is 1. The zero-order chi connectivity index (χ0) is 22.6. The number of anilines is 1. The number of para-hydroxylation sites is 1. The predicted octanol–water partition coefficient (Wildman–Crippen LogP) is 4.22. The van der Waals surface area contributed by atoms with Gasteiger partial charge in [0.1, 0.15) is 11.6 Å². The van der Waals surface area contributed by atoms with Crippen molar-refractivity contribution in [3.63, 3.8) is 0 Å². The van der Waals surface area contributed by atoms with E-state index in [4.69, 9.17) is 4.74 Å². The van der Waals surface area contributed by atoms with Crippen molar-refractivity contribution in [2.45, 2.75) is 18.4 Å². The molecule has 162 valence electrons. The zero-order valence-corrected chi connectivity index (χ0v) is 18.2. The highest BCUT2D eigenvalue weighted by atomic mass is 32.2. The molecule has 0 saturated carbocycles. The Morgan fingerprint density at radius 3 is 2.39 bits per heavy atom. The van der Waals surface area contributed by atoms with Gasteiger partial charge in [0.15, 0.2) is 0 Å². The van der Waals surface area contributed by atoms with E-state index in [1.807, 2.05) is 12.1 Å². The summed E-state index contributed by atoms with van der Waals surface area (Å²) in [6.45, 7) is 2.07. The topological polar surface area (TPSA) is 75.7 Å². The lowest BCUT2D eigenvalue weighted by molar-refractivity contribution is 0.0784. The number of sulfonamides is 1. The smallest absolute Gasteiger partial charge is 0.262 e. The second-order valence-corrected chi connectivity index (χ2v) is 8.75. The monoisotopic (exact) mass is 442 g/mol. The van der Waals surface area contributed by atoms with Crippen molar-refractivity contribution in [3.05, 3.63) is 89.2 Å². The number of benzene rings is 3. The molecule has 1 N–H and O–H groups in total. The summed E-state index contributed by atoms with van der Waals surface area (Å²) >= 11 is 0. The molecule has 0 saturated heterocycles. The van der Waals surface area contributed by atoms with Gasteiger partial charge in [-0.05, 0) is 54.4 Å². The molecule has 1 amide bonds. The standard InChI is InChI=1S/C23H23FN2O4S/c1-16-8-13-19(31(28,29)25-22-7-5-4-6-21(22)24)14-20(16)23(27)26(2)15-17-9-11-18(30-3)12-10-17/h4-14,25H,15H2,1-3H3. The van der Waals surface area contributed by atoms with Crippen molar-refractivity contribution < 1.29 is 22.3 Å². The van der Waals surface area contributed by atoms with Crippen LogP contribution in [-0.2, 0) is 16.6 Å². The molecule has 3 rings (SSSR count). The Morgan fingerprint density at radius 2 is 1.74 bits per heavy atom. The summed E-state index contributed by atoms with van der Waals surface area (Å²) in [5.41, 5.74) is 1.63. The second-order valence-electron chi connectivity index (χ2n) is 7.07. The number of halogens is 1. The molecular formula is C23H23FN2O4S. The van der Waals surface area contributed by atoms with Crippen molar-refractivity contribution in [1.29, 1.82) is 0 Å². The molecule has 0 aliphatic heterocycles. The fraction of sp³-hybridized carbons (Fsp3) is 0.174. The van der Waals surface area contributed by atoms with Gasteiger partial charge in [-0.25, -0.2) is 12.8 Å². The fourth-order valence-electron chi connectivity index (χ4n) is 3.03. The third kappa shape index (κ3) is 5.21. The average Bonchev–Trinajstić information content (AvgIpc) is 2.75. The molecule has 0 heterocycles. The van der Waals surface area contributed by atoms with Gasteiger partial charge in [-0.2, -0.15) is 0 Å². The summed E-state index contributed by atoms with van der Waals surface area (Å²) < 4.78 is 46.7. The van der Waals surface area contributed by atoms with Crippen molar-refractivity contribution in [2.24, 2.45) is 0 Å². The van der Waals surface area contributed by atoms with E-state index in [0.29, 0.717) is 17.9 Å². The van der Waals surface area contributed by atoms with Crippen LogP contribution in [0.2, 0.25) is 0 Å². The molecule has 0 aliphatic carbocycles. The van der Waals surface area contributed by atoms with Gasteiger partial charge in [0.2, 0.25) is 0 Å². The first-order valence-corrected chi connectivity index (χ1v) is 11.0. The molecule has 0 fully saturated rings. The van der Waals surface area contributed by atoms with E-state index in [2.05, 4.69) is 4.72 Å². The molecule has 6 nitrogen and oxygen atoms in total. The predicted molar refractivity (Wildman–Crippen MR) is 117 cm³/mol. The Hall–Kier alpha value is -3.39. The maximum absolute atomic E-state index is 13.9. The van der Waals surface area contributed by atoms with E-state index in [1.165, 1.54) is 35.2 Å². The molecule has 0 atom stereocenters. The third-order valence-electron chi connectivity index (χ3n) is 4.79. The van der Waals surface area contributed by atoms with Gasteiger partial charge >= 0.3 is 0 Å². The van der Waals surface area contributed by atoms with Crippen LogP contribution in [0.25, 0.3) is 0 Å². The molecule has 0 radical (unpaired) electrons.